The van der Waals surface area contributed by atoms with Crippen LogP contribution in [0.1, 0.15) is 12.8 Å². The summed E-state index contributed by atoms with van der Waals surface area (Å²) in [6.07, 6.45) is -1.09. The molecule has 4 nitrogen and oxygen atoms in total. The maximum absolute atomic E-state index is 13.3. The molecule has 0 aromatic carbocycles. The Morgan fingerprint density at radius 3 is 2.80 bits per heavy atom. The number of aliphatic hydroxyl groups is 1. The predicted octanol–water partition coefficient (Wildman–Crippen LogP) is 0.251. The van der Waals surface area contributed by atoms with Crippen LogP contribution in [0, 0.1) is 0 Å². The molecule has 1 aliphatic rings. The normalized spacial score (nSPS) is 25.3. The van der Waals surface area contributed by atoms with Gasteiger partial charge in [-0.2, -0.15) is 0 Å². The highest BCUT2D eigenvalue weighted by Gasteiger charge is 2.45. The van der Waals surface area contributed by atoms with E-state index in [1.54, 1.807) is 0 Å². The van der Waals surface area contributed by atoms with Crippen molar-refractivity contribution in [1.29, 1.82) is 0 Å². The number of alkyl halides is 2. The van der Waals surface area contributed by atoms with E-state index in [1.807, 2.05) is 0 Å². The number of halogens is 2. The Kier molecular flexibility index (Phi) is 3.98. The van der Waals surface area contributed by atoms with Gasteiger partial charge in [-0.1, -0.05) is 0 Å². The summed E-state index contributed by atoms with van der Waals surface area (Å²) in [6.45, 7) is -0.675. The van der Waals surface area contributed by atoms with E-state index in [9.17, 15) is 13.6 Å². The third kappa shape index (κ3) is 2.85. The number of aliphatic hydroxyl groups excluding tert-OH is 1. The van der Waals surface area contributed by atoms with Crippen molar-refractivity contribution in [2.24, 2.45) is 0 Å². The van der Waals surface area contributed by atoms with E-state index < -0.39 is 24.5 Å². The van der Waals surface area contributed by atoms with Gasteiger partial charge in [-0.3, -0.25) is 4.79 Å². The average Bonchev–Trinajstić information content (AvgIpc) is 2.16. The molecule has 1 saturated heterocycles. The standard InChI is InChI=1S/C9H15F2NO3/c1-15-7-2-4-12(6-9(7,10)11)8(14)3-5-13/h7,13H,2-6H2,1H3/t7-/m0/s1. The number of carbonyl (C=O) groups excluding carboxylic acids is 1. The van der Waals surface area contributed by atoms with Gasteiger partial charge in [-0.25, -0.2) is 8.78 Å². The fraction of sp³-hybridized carbons (Fsp3) is 0.889. The molecule has 1 atom stereocenters. The fourth-order valence-corrected chi connectivity index (χ4v) is 1.68. The lowest BCUT2D eigenvalue weighted by molar-refractivity contribution is -0.173. The molecule has 0 aromatic heterocycles. The monoisotopic (exact) mass is 223 g/mol. The Labute approximate surface area is 86.8 Å². The first-order chi connectivity index (χ1) is 7.01. The zero-order valence-corrected chi connectivity index (χ0v) is 8.58. The molecule has 1 heterocycles. The van der Waals surface area contributed by atoms with E-state index in [-0.39, 0.29) is 26.0 Å². The van der Waals surface area contributed by atoms with Gasteiger partial charge in [0.2, 0.25) is 5.91 Å². The quantitative estimate of drug-likeness (QED) is 0.746. The van der Waals surface area contributed by atoms with Crippen LogP contribution in [0.2, 0.25) is 0 Å². The topological polar surface area (TPSA) is 49.8 Å². The lowest BCUT2D eigenvalue weighted by Crippen LogP contribution is -2.54. The maximum Gasteiger partial charge on any atom is 0.290 e. The second-order valence-corrected chi connectivity index (χ2v) is 3.56. The zero-order chi connectivity index (χ0) is 11.5. The van der Waals surface area contributed by atoms with E-state index in [1.165, 1.54) is 7.11 Å². The number of likely N-dealkylation sites (tertiary alicyclic amines) is 1. The first kappa shape index (κ1) is 12.3. The highest BCUT2D eigenvalue weighted by atomic mass is 19.3. The van der Waals surface area contributed by atoms with Crippen LogP contribution in [0.4, 0.5) is 8.78 Å². The second-order valence-electron chi connectivity index (χ2n) is 3.56. The van der Waals surface area contributed by atoms with Gasteiger partial charge in [0.25, 0.3) is 5.92 Å². The van der Waals surface area contributed by atoms with E-state index in [0.29, 0.717) is 0 Å². The Bertz CT molecular complexity index is 235. The number of ether oxygens (including phenoxy) is 1. The van der Waals surface area contributed by atoms with Crippen LogP contribution in [-0.4, -0.2) is 54.7 Å². The van der Waals surface area contributed by atoms with Crippen LogP contribution in [0.15, 0.2) is 0 Å². The first-order valence-corrected chi connectivity index (χ1v) is 4.80. The number of piperidine rings is 1. The molecule has 1 fully saturated rings. The molecule has 0 saturated carbocycles. The minimum atomic E-state index is -3.00. The lowest BCUT2D eigenvalue weighted by atomic mass is 10.0. The fourth-order valence-electron chi connectivity index (χ4n) is 1.68. The van der Waals surface area contributed by atoms with Gasteiger partial charge in [0, 0.05) is 20.1 Å². The largest absolute Gasteiger partial charge is 0.396 e. The van der Waals surface area contributed by atoms with Gasteiger partial charge in [-0.15, -0.1) is 0 Å². The van der Waals surface area contributed by atoms with Crippen molar-refractivity contribution in [2.45, 2.75) is 24.9 Å². The van der Waals surface area contributed by atoms with E-state index >= 15 is 0 Å². The number of nitrogens with zero attached hydrogens (tertiary/aromatic N) is 1. The van der Waals surface area contributed by atoms with Crippen LogP contribution in [0.3, 0.4) is 0 Å². The summed E-state index contributed by atoms with van der Waals surface area (Å²) in [4.78, 5) is 12.3. The van der Waals surface area contributed by atoms with Crippen molar-refractivity contribution in [1.82, 2.24) is 4.90 Å². The van der Waals surface area contributed by atoms with Gasteiger partial charge >= 0.3 is 0 Å². The maximum atomic E-state index is 13.3. The van der Waals surface area contributed by atoms with Crippen LogP contribution in [0.25, 0.3) is 0 Å². The summed E-state index contributed by atoms with van der Waals surface area (Å²) in [5.74, 6) is -3.44. The summed E-state index contributed by atoms with van der Waals surface area (Å²) >= 11 is 0. The Balaban J connectivity index is 2.57. The van der Waals surface area contributed by atoms with Crippen molar-refractivity contribution >= 4 is 5.91 Å². The number of rotatable bonds is 3. The molecular weight excluding hydrogens is 208 g/mol. The van der Waals surface area contributed by atoms with Crippen LogP contribution < -0.4 is 0 Å². The van der Waals surface area contributed by atoms with Gasteiger partial charge in [0.15, 0.2) is 0 Å². The predicted molar refractivity (Wildman–Crippen MR) is 48.6 cm³/mol. The second kappa shape index (κ2) is 4.85. The van der Waals surface area contributed by atoms with Gasteiger partial charge in [0.1, 0.15) is 6.10 Å². The SMILES string of the molecule is CO[C@H]1CCN(C(=O)CCO)CC1(F)F. The smallest absolute Gasteiger partial charge is 0.290 e. The minimum absolute atomic E-state index is 0.103. The van der Waals surface area contributed by atoms with Crippen molar-refractivity contribution in [3.63, 3.8) is 0 Å². The third-order valence-corrected chi connectivity index (χ3v) is 2.50. The number of hydrogen-bond acceptors (Lipinski definition) is 3. The number of carbonyl (C=O) groups is 1. The summed E-state index contributed by atoms with van der Waals surface area (Å²) < 4.78 is 31.3. The highest BCUT2D eigenvalue weighted by molar-refractivity contribution is 5.76. The molecule has 0 spiro atoms. The van der Waals surface area contributed by atoms with Crippen molar-refractivity contribution in [2.75, 3.05) is 26.8 Å². The van der Waals surface area contributed by atoms with Crippen molar-refractivity contribution in [3.8, 4) is 0 Å². The molecule has 15 heavy (non-hydrogen) atoms. The minimum Gasteiger partial charge on any atom is -0.396 e. The van der Waals surface area contributed by atoms with Gasteiger partial charge < -0.3 is 14.7 Å². The molecule has 0 aliphatic carbocycles. The molecule has 6 heteroatoms. The number of hydrogen-bond donors (Lipinski definition) is 1. The van der Waals surface area contributed by atoms with E-state index in [2.05, 4.69) is 4.74 Å². The molecule has 1 rings (SSSR count). The highest BCUT2D eigenvalue weighted by Crippen LogP contribution is 2.29. The summed E-state index contributed by atoms with van der Waals surface area (Å²) in [5.41, 5.74) is 0. The van der Waals surface area contributed by atoms with Crippen molar-refractivity contribution in [3.05, 3.63) is 0 Å². The number of methoxy groups -OCH3 is 1. The Hall–Kier alpha value is -0.750. The summed E-state index contributed by atoms with van der Waals surface area (Å²) in [7, 11) is 1.24. The third-order valence-electron chi connectivity index (χ3n) is 2.50. The molecule has 0 unspecified atom stereocenters. The molecule has 1 amide bonds. The van der Waals surface area contributed by atoms with Crippen molar-refractivity contribution < 1.29 is 23.4 Å². The molecular formula is C9H15F2NO3. The summed E-state index contributed by atoms with van der Waals surface area (Å²) in [6, 6.07) is 0. The van der Waals surface area contributed by atoms with E-state index in [0.717, 1.165) is 4.90 Å². The Morgan fingerprint density at radius 2 is 2.33 bits per heavy atom. The molecule has 88 valence electrons. The Morgan fingerprint density at radius 1 is 1.67 bits per heavy atom. The van der Waals surface area contributed by atoms with Gasteiger partial charge in [0.05, 0.1) is 13.2 Å². The van der Waals surface area contributed by atoms with Gasteiger partial charge in [-0.05, 0) is 6.42 Å². The molecule has 0 aromatic rings. The van der Waals surface area contributed by atoms with Crippen LogP contribution in [0.5, 0.6) is 0 Å². The zero-order valence-electron chi connectivity index (χ0n) is 8.58. The summed E-state index contributed by atoms with van der Waals surface area (Å²) in [5, 5.41) is 8.54. The lowest BCUT2D eigenvalue weighted by Gasteiger charge is -2.37. The van der Waals surface area contributed by atoms with Crippen LogP contribution >= 0.6 is 0 Å². The van der Waals surface area contributed by atoms with E-state index in [4.69, 9.17) is 5.11 Å². The van der Waals surface area contributed by atoms with Crippen LogP contribution in [-0.2, 0) is 9.53 Å². The molecule has 0 radical (unpaired) electrons. The molecule has 1 aliphatic heterocycles. The molecule has 1 N–H and O–H groups in total. The first-order valence-electron chi connectivity index (χ1n) is 4.80. The number of amides is 1. The average molecular weight is 223 g/mol. The molecule has 0 bridgehead atoms.